The molecule has 100 valence electrons. The molecule has 0 aromatic heterocycles. The standard InChI is InChI=1S/C14H7BrClIN2O/c15-9-2-3-12(17)10(6-9)14(20)19-13-4-1-8(7-18)5-11(13)16/h1-6H,(H,19,20). The van der Waals surface area contributed by atoms with E-state index in [1.807, 2.05) is 18.2 Å². The molecule has 1 amide bonds. The highest BCUT2D eigenvalue weighted by Gasteiger charge is 2.12. The SMILES string of the molecule is N#Cc1ccc(NC(=O)c2cc(Br)ccc2I)c(Cl)c1. The van der Waals surface area contributed by atoms with E-state index in [4.69, 9.17) is 16.9 Å². The fourth-order valence-corrected chi connectivity index (χ4v) is 2.72. The quantitative estimate of drug-likeness (QED) is 0.652. The number of nitrogens with zero attached hydrogens (tertiary/aromatic N) is 1. The Kier molecular flexibility index (Phi) is 5.02. The molecule has 0 spiro atoms. The Balaban J connectivity index is 2.28. The molecule has 0 fully saturated rings. The first kappa shape index (κ1) is 15.3. The number of benzene rings is 2. The Morgan fingerprint density at radius 2 is 2.05 bits per heavy atom. The summed E-state index contributed by atoms with van der Waals surface area (Å²) >= 11 is 11.5. The van der Waals surface area contributed by atoms with E-state index in [2.05, 4.69) is 43.8 Å². The van der Waals surface area contributed by atoms with Crippen molar-refractivity contribution in [1.29, 1.82) is 5.26 Å². The number of carbonyl (C=O) groups is 1. The lowest BCUT2D eigenvalue weighted by Gasteiger charge is -2.09. The number of amides is 1. The van der Waals surface area contributed by atoms with E-state index in [0.29, 0.717) is 21.8 Å². The van der Waals surface area contributed by atoms with Crippen LogP contribution in [0.4, 0.5) is 5.69 Å². The third-order valence-corrected chi connectivity index (χ3v) is 4.27. The van der Waals surface area contributed by atoms with Gasteiger partial charge in [-0.3, -0.25) is 4.79 Å². The van der Waals surface area contributed by atoms with Crippen LogP contribution in [0.15, 0.2) is 40.9 Å². The highest BCUT2D eigenvalue weighted by atomic mass is 127. The van der Waals surface area contributed by atoms with Gasteiger partial charge in [-0.25, -0.2) is 0 Å². The Labute approximate surface area is 143 Å². The fraction of sp³-hybridized carbons (Fsp3) is 0. The number of anilines is 1. The number of carbonyl (C=O) groups excluding carboxylic acids is 1. The van der Waals surface area contributed by atoms with E-state index in [0.717, 1.165) is 8.04 Å². The minimum atomic E-state index is -0.248. The number of rotatable bonds is 2. The first-order valence-corrected chi connectivity index (χ1v) is 7.72. The van der Waals surface area contributed by atoms with Gasteiger partial charge in [-0.1, -0.05) is 27.5 Å². The van der Waals surface area contributed by atoms with Gasteiger partial charge in [0.05, 0.1) is 27.9 Å². The average molecular weight is 461 g/mol. The summed E-state index contributed by atoms with van der Waals surface area (Å²) in [5, 5.41) is 11.9. The summed E-state index contributed by atoms with van der Waals surface area (Å²) in [6.45, 7) is 0. The third-order valence-electron chi connectivity index (χ3n) is 2.52. The molecular formula is C14H7BrClIN2O. The van der Waals surface area contributed by atoms with Crippen LogP contribution in [0.2, 0.25) is 5.02 Å². The molecule has 0 saturated heterocycles. The first-order chi connectivity index (χ1) is 9.51. The monoisotopic (exact) mass is 460 g/mol. The maximum absolute atomic E-state index is 12.2. The summed E-state index contributed by atoms with van der Waals surface area (Å²) in [5.41, 5.74) is 1.48. The lowest BCUT2D eigenvalue weighted by molar-refractivity contribution is 0.102. The Hall–Kier alpha value is -1.10. The Bertz CT molecular complexity index is 728. The maximum Gasteiger partial charge on any atom is 0.256 e. The van der Waals surface area contributed by atoms with Crippen molar-refractivity contribution in [2.24, 2.45) is 0 Å². The summed E-state index contributed by atoms with van der Waals surface area (Å²) in [6.07, 6.45) is 0. The van der Waals surface area contributed by atoms with Crippen molar-refractivity contribution in [2.75, 3.05) is 5.32 Å². The van der Waals surface area contributed by atoms with Gasteiger partial charge in [0.25, 0.3) is 5.91 Å². The predicted octanol–water partition coefficient (Wildman–Crippen LogP) is 4.83. The molecule has 0 heterocycles. The minimum absolute atomic E-state index is 0.248. The van der Waals surface area contributed by atoms with Crippen LogP contribution < -0.4 is 5.32 Å². The molecule has 0 aliphatic rings. The second kappa shape index (κ2) is 6.57. The zero-order chi connectivity index (χ0) is 14.7. The highest BCUT2D eigenvalue weighted by molar-refractivity contribution is 14.1. The third kappa shape index (κ3) is 3.51. The van der Waals surface area contributed by atoms with Gasteiger partial charge < -0.3 is 5.32 Å². The van der Waals surface area contributed by atoms with Crippen LogP contribution in [0.1, 0.15) is 15.9 Å². The van der Waals surface area contributed by atoms with E-state index in [9.17, 15) is 4.79 Å². The molecule has 0 unspecified atom stereocenters. The summed E-state index contributed by atoms with van der Waals surface area (Å²) in [7, 11) is 0. The molecular weight excluding hydrogens is 454 g/mol. The molecule has 20 heavy (non-hydrogen) atoms. The maximum atomic E-state index is 12.2. The van der Waals surface area contributed by atoms with E-state index >= 15 is 0 Å². The lowest BCUT2D eigenvalue weighted by Crippen LogP contribution is -2.13. The van der Waals surface area contributed by atoms with Crippen LogP contribution in [0, 0.1) is 14.9 Å². The minimum Gasteiger partial charge on any atom is -0.321 e. The highest BCUT2D eigenvalue weighted by Crippen LogP contribution is 2.25. The second-order valence-electron chi connectivity index (χ2n) is 3.88. The normalized spacial score (nSPS) is 9.90. The zero-order valence-electron chi connectivity index (χ0n) is 9.95. The predicted molar refractivity (Wildman–Crippen MR) is 91.0 cm³/mol. The van der Waals surface area contributed by atoms with Crippen molar-refractivity contribution in [1.82, 2.24) is 0 Å². The molecule has 3 nitrogen and oxygen atoms in total. The molecule has 1 N–H and O–H groups in total. The number of nitrogens with one attached hydrogen (secondary N) is 1. The molecule has 2 aromatic carbocycles. The molecule has 0 aliphatic carbocycles. The van der Waals surface area contributed by atoms with E-state index in [1.54, 1.807) is 18.2 Å². The molecule has 0 saturated carbocycles. The van der Waals surface area contributed by atoms with Gasteiger partial charge in [0.2, 0.25) is 0 Å². The van der Waals surface area contributed by atoms with Gasteiger partial charge in [-0.05, 0) is 59.0 Å². The van der Waals surface area contributed by atoms with Gasteiger partial charge in [-0.2, -0.15) is 5.26 Å². The largest absolute Gasteiger partial charge is 0.321 e. The summed E-state index contributed by atoms with van der Waals surface area (Å²) in [6, 6.07) is 12.2. The van der Waals surface area contributed by atoms with Crippen molar-refractivity contribution >= 4 is 61.7 Å². The van der Waals surface area contributed by atoms with Crippen LogP contribution >= 0.6 is 50.1 Å². The van der Waals surface area contributed by atoms with Gasteiger partial charge in [0.15, 0.2) is 0 Å². The number of nitriles is 1. The summed E-state index contributed by atoms with van der Waals surface area (Å²) in [5.74, 6) is -0.248. The van der Waals surface area contributed by atoms with Crippen LogP contribution in [-0.2, 0) is 0 Å². The van der Waals surface area contributed by atoms with Crippen molar-refractivity contribution in [3.63, 3.8) is 0 Å². The van der Waals surface area contributed by atoms with Crippen LogP contribution in [0.25, 0.3) is 0 Å². The fourth-order valence-electron chi connectivity index (χ4n) is 1.55. The molecule has 0 radical (unpaired) electrons. The molecule has 0 atom stereocenters. The number of halogens is 3. The van der Waals surface area contributed by atoms with Crippen LogP contribution in [0.3, 0.4) is 0 Å². The van der Waals surface area contributed by atoms with E-state index in [1.165, 1.54) is 6.07 Å². The Morgan fingerprint density at radius 3 is 2.70 bits per heavy atom. The molecule has 0 aliphatic heterocycles. The molecule has 0 bridgehead atoms. The van der Waals surface area contributed by atoms with Crippen LogP contribution in [-0.4, -0.2) is 5.91 Å². The van der Waals surface area contributed by atoms with Crippen LogP contribution in [0.5, 0.6) is 0 Å². The number of hydrogen-bond acceptors (Lipinski definition) is 2. The van der Waals surface area contributed by atoms with Crippen molar-refractivity contribution in [3.05, 3.63) is 60.6 Å². The topological polar surface area (TPSA) is 52.9 Å². The summed E-state index contributed by atoms with van der Waals surface area (Å²) in [4.78, 5) is 12.2. The van der Waals surface area contributed by atoms with Gasteiger partial charge in [0.1, 0.15) is 0 Å². The van der Waals surface area contributed by atoms with E-state index in [-0.39, 0.29) is 5.91 Å². The van der Waals surface area contributed by atoms with Gasteiger partial charge in [-0.15, -0.1) is 0 Å². The lowest BCUT2D eigenvalue weighted by atomic mass is 10.2. The molecule has 2 aromatic rings. The first-order valence-electron chi connectivity index (χ1n) is 5.47. The summed E-state index contributed by atoms with van der Waals surface area (Å²) < 4.78 is 1.67. The second-order valence-corrected chi connectivity index (χ2v) is 6.37. The molecule has 6 heteroatoms. The molecule has 2 rings (SSSR count). The zero-order valence-corrected chi connectivity index (χ0v) is 14.5. The smallest absolute Gasteiger partial charge is 0.256 e. The van der Waals surface area contributed by atoms with Crippen molar-refractivity contribution < 1.29 is 4.79 Å². The van der Waals surface area contributed by atoms with Gasteiger partial charge >= 0.3 is 0 Å². The Morgan fingerprint density at radius 1 is 1.30 bits per heavy atom. The van der Waals surface area contributed by atoms with Gasteiger partial charge in [0, 0.05) is 8.04 Å². The van der Waals surface area contributed by atoms with Crippen molar-refractivity contribution in [3.8, 4) is 6.07 Å². The average Bonchev–Trinajstić information content (AvgIpc) is 2.43. The van der Waals surface area contributed by atoms with Crippen molar-refractivity contribution in [2.45, 2.75) is 0 Å². The van der Waals surface area contributed by atoms with E-state index < -0.39 is 0 Å². The number of hydrogen-bond donors (Lipinski definition) is 1.